The van der Waals surface area contributed by atoms with Crippen LogP contribution in [-0.2, 0) is 27.4 Å². The molecule has 4 aromatic carbocycles. The molecule has 8 nitrogen and oxygen atoms in total. The second-order valence-electron chi connectivity index (χ2n) is 16.3. The van der Waals surface area contributed by atoms with Crippen LogP contribution >= 0.6 is 0 Å². The second-order valence-corrected chi connectivity index (χ2v) is 16.3. The highest BCUT2D eigenvalue weighted by Crippen LogP contribution is 2.34. The number of hydrogen-bond donors (Lipinski definition) is 1. The van der Waals surface area contributed by atoms with Gasteiger partial charge >= 0.3 is 11.9 Å². The highest BCUT2D eigenvalue weighted by molar-refractivity contribution is 5.89. The van der Waals surface area contributed by atoms with E-state index in [1.54, 1.807) is 0 Å². The van der Waals surface area contributed by atoms with Crippen molar-refractivity contribution in [2.75, 3.05) is 33.3 Å². The summed E-state index contributed by atoms with van der Waals surface area (Å²) in [4.78, 5) is 26.9. The molecular formula is C45H56N2O6. The third-order valence-electron chi connectivity index (χ3n) is 11.9. The normalized spacial score (nSPS) is 24.1. The molecule has 2 heterocycles. The number of nitrogens with zero attached hydrogens (tertiary/aromatic N) is 2. The molecule has 0 amide bonds. The average Bonchev–Trinajstić information content (AvgIpc) is 3.13. The van der Waals surface area contributed by atoms with Gasteiger partial charge in [-0.15, -0.1) is 0 Å². The zero-order valence-electron chi connectivity index (χ0n) is 31.7. The number of methoxy groups -OCH3 is 1. The Labute approximate surface area is 314 Å². The zero-order valence-corrected chi connectivity index (χ0v) is 31.7. The maximum Gasteiger partial charge on any atom is 0.311 e. The van der Waals surface area contributed by atoms with Crippen molar-refractivity contribution in [1.82, 2.24) is 9.80 Å². The van der Waals surface area contributed by atoms with Crippen LogP contribution in [0, 0.1) is 23.7 Å². The van der Waals surface area contributed by atoms with Crippen molar-refractivity contribution in [2.45, 2.75) is 90.5 Å². The molecule has 4 aliphatic rings. The SMILES string of the molecule is CC1CCC(Oc2cccc3cc(CN4CC(C(=O)O)C4)ccc23)CC1.COC(=O)C1CN(Cc2ccc3c(OC4CCC(C)CC4)cccc3c2)C1. The summed E-state index contributed by atoms with van der Waals surface area (Å²) >= 11 is 0. The monoisotopic (exact) mass is 720 g/mol. The van der Waals surface area contributed by atoms with E-state index in [1.807, 2.05) is 0 Å². The molecule has 2 aliphatic heterocycles. The van der Waals surface area contributed by atoms with Crippen molar-refractivity contribution in [3.8, 4) is 11.5 Å². The number of aliphatic carboxylic acids is 1. The summed E-state index contributed by atoms with van der Waals surface area (Å²) in [6, 6.07) is 25.7. The highest BCUT2D eigenvalue weighted by atomic mass is 16.5. The molecule has 2 saturated carbocycles. The summed E-state index contributed by atoms with van der Waals surface area (Å²) in [5, 5.41) is 13.8. The highest BCUT2D eigenvalue weighted by Gasteiger charge is 2.34. The van der Waals surface area contributed by atoms with Crippen molar-refractivity contribution < 1.29 is 28.9 Å². The second kappa shape index (κ2) is 16.9. The number of benzene rings is 4. The minimum absolute atomic E-state index is 0.0358. The number of hydrogen-bond acceptors (Lipinski definition) is 7. The Morgan fingerprint density at radius 2 is 1.06 bits per heavy atom. The minimum atomic E-state index is -0.682. The quantitative estimate of drug-likeness (QED) is 0.163. The molecule has 0 unspecified atom stereocenters. The van der Waals surface area contributed by atoms with E-state index in [1.165, 1.54) is 65.5 Å². The number of carboxylic acid groups (broad SMARTS) is 1. The van der Waals surface area contributed by atoms with Crippen molar-refractivity contribution >= 4 is 33.5 Å². The van der Waals surface area contributed by atoms with E-state index in [4.69, 9.17) is 19.3 Å². The van der Waals surface area contributed by atoms with E-state index >= 15 is 0 Å². The number of likely N-dealkylation sites (tertiary alicyclic amines) is 2. The third kappa shape index (κ3) is 9.33. The Morgan fingerprint density at radius 3 is 1.47 bits per heavy atom. The molecule has 0 aromatic heterocycles. The number of ether oxygens (including phenoxy) is 3. The van der Waals surface area contributed by atoms with Crippen LogP contribution in [0.25, 0.3) is 21.5 Å². The van der Waals surface area contributed by atoms with Crippen LogP contribution < -0.4 is 9.47 Å². The van der Waals surface area contributed by atoms with Gasteiger partial charge in [-0.05, 0) is 109 Å². The number of esters is 1. The minimum Gasteiger partial charge on any atom is -0.490 e. The third-order valence-corrected chi connectivity index (χ3v) is 11.9. The van der Waals surface area contributed by atoms with E-state index in [0.717, 1.165) is 75.2 Å². The Kier molecular flexibility index (Phi) is 11.9. The van der Waals surface area contributed by atoms with Gasteiger partial charge < -0.3 is 19.3 Å². The molecule has 53 heavy (non-hydrogen) atoms. The van der Waals surface area contributed by atoms with E-state index in [9.17, 15) is 9.59 Å². The van der Waals surface area contributed by atoms with Gasteiger partial charge in [0.05, 0.1) is 31.2 Å². The van der Waals surface area contributed by atoms with Gasteiger partial charge in [0.2, 0.25) is 0 Å². The predicted molar refractivity (Wildman–Crippen MR) is 209 cm³/mol. The predicted octanol–water partition coefficient (Wildman–Crippen LogP) is 8.72. The van der Waals surface area contributed by atoms with Crippen LogP contribution in [0.15, 0.2) is 72.8 Å². The Morgan fingerprint density at radius 1 is 0.623 bits per heavy atom. The lowest BCUT2D eigenvalue weighted by molar-refractivity contribution is -0.151. The van der Waals surface area contributed by atoms with E-state index in [0.29, 0.717) is 25.3 Å². The Hall–Kier alpha value is -4.14. The van der Waals surface area contributed by atoms with Gasteiger partial charge in [-0.1, -0.05) is 62.4 Å². The molecule has 2 saturated heterocycles. The summed E-state index contributed by atoms with van der Waals surface area (Å²) in [7, 11) is 1.46. The van der Waals surface area contributed by atoms with Crippen molar-refractivity contribution in [3.63, 3.8) is 0 Å². The lowest BCUT2D eigenvalue weighted by atomic mass is 9.89. The molecule has 0 atom stereocenters. The van der Waals surface area contributed by atoms with Crippen LogP contribution in [0.2, 0.25) is 0 Å². The first-order valence-corrected chi connectivity index (χ1v) is 19.8. The van der Waals surface area contributed by atoms with Crippen LogP contribution in [0.5, 0.6) is 11.5 Å². The van der Waals surface area contributed by atoms with Gasteiger partial charge in [0.1, 0.15) is 11.5 Å². The average molecular weight is 721 g/mol. The van der Waals surface area contributed by atoms with Gasteiger partial charge in [-0.2, -0.15) is 0 Å². The van der Waals surface area contributed by atoms with Gasteiger partial charge in [0.25, 0.3) is 0 Å². The summed E-state index contributed by atoms with van der Waals surface area (Å²) in [6.07, 6.45) is 10.3. The Balaban J connectivity index is 0.000000164. The fourth-order valence-electron chi connectivity index (χ4n) is 8.45. The van der Waals surface area contributed by atoms with Gasteiger partial charge in [0.15, 0.2) is 0 Å². The molecule has 4 fully saturated rings. The topological polar surface area (TPSA) is 88.5 Å². The number of carbonyl (C=O) groups is 2. The number of fused-ring (bicyclic) bond motifs is 2. The lowest BCUT2D eigenvalue weighted by Gasteiger charge is -2.37. The zero-order chi connectivity index (χ0) is 36.9. The van der Waals surface area contributed by atoms with Crippen molar-refractivity contribution in [1.29, 1.82) is 0 Å². The number of carbonyl (C=O) groups excluding carboxylic acids is 1. The molecule has 4 aromatic rings. The van der Waals surface area contributed by atoms with Crippen molar-refractivity contribution in [2.24, 2.45) is 23.7 Å². The molecule has 8 heteroatoms. The van der Waals surface area contributed by atoms with E-state index in [-0.39, 0.29) is 17.8 Å². The first-order chi connectivity index (χ1) is 25.7. The van der Waals surface area contributed by atoms with Crippen LogP contribution in [0.4, 0.5) is 0 Å². The molecule has 0 bridgehead atoms. The molecule has 2 aliphatic carbocycles. The maximum atomic E-state index is 11.5. The Bertz CT molecular complexity index is 1870. The summed E-state index contributed by atoms with van der Waals surface area (Å²) in [6.45, 7) is 9.21. The van der Waals surface area contributed by atoms with Crippen LogP contribution in [-0.4, -0.2) is 72.3 Å². The molecule has 282 valence electrons. The molecule has 1 N–H and O–H groups in total. The van der Waals surface area contributed by atoms with Crippen molar-refractivity contribution in [3.05, 3.63) is 83.9 Å². The molecule has 0 spiro atoms. The van der Waals surface area contributed by atoms with Gasteiger partial charge in [0, 0.05) is 50.0 Å². The summed E-state index contributed by atoms with van der Waals surface area (Å²) < 4.78 is 17.5. The number of rotatable bonds is 10. The fraction of sp³-hybridized carbons (Fsp3) is 0.511. The van der Waals surface area contributed by atoms with Crippen LogP contribution in [0.3, 0.4) is 0 Å². The van der Waals surface area contributed by atoms with Gasteiger partial charge in [-0.3, -0.25) is 19.4 Å². The number of carboxylic acids is 1. The first kappa shape index (κ1) is 37.2. The fourth-order valence-corrected chi connectivity index (χ4v) is 8.45. The smallest absolute Gasteiger partial charge is 0.311 e. The summed E-state index contributed by atoms with van der Waals surface area (Å²) in [5.74, 6) is 2.72. The molecule has 8 rings (SSSR count). The lowest BCUT2D eigenvalue weighted by Crippen LogP contribution is -2.49. The van der Waals surface area contributed by atoms with Gasteiger partial charge in [-0.25, -0.2) is 0 Å². The summed E-state index contributed by atoms with van der Waals surface area (Å²) in [5.41, 5.74) is 2.50. The molecular weight excluding hydrogens is 665 g/mol. The van der Waals surface area contributed by atoms with Crippen LogP contribution in [0.1, 0.15) is 76.3 Å². The van der Waals surface area contributed by atoms with E-state index in [2.05, 4.69) is 96.4 Å². The molecule has 0 radical (unpaired) electrons. The van der Waals surface area contributed by atoms with E-state index < -0.39 is 5.97 Å². The first-order valence-electron chi connectivity index (χ1n) is 19.8. The standard InChI is InChI=1S/C23H29NO3.C22H27NO3/c1-16-6-9-20(10-7-16)27-22-5-3-4-18-12-17(8-11-21(18)22)13-24-14-19(15-24)23(25)26-2;1-15-5-8-19(9-6-15)26-21-4-2-3-17-11-16(7-10-20(17)21)12-23-13-18(14-23)22(24)25/h3-5,8,11-12,16,19-20H,6-7,9-10,13-15H2,1-2H3;2-4,7,10-11,15,18-19H,5-6,8-9,12-14H2,1H3,(H,24,25). The maximum absolute atomic E-state index is 11.5. The largest absolute Gasteiger partial charge is 0.490 e.